The molecular weight excluding hydrogens is 329 g/mol. The van der Waals surface area contributed by atoms with Crippen LogP contribution in [0.15, 0.2) is 18.0 Å². The van der Waals surface area contributed by atoms with Crippen LogP contribution in [0.2, 0.25) is 0 Å². The minimum absolute atomic E-state index is 0.106. The van der Waals surface area contributed by atoms with Gasteiger partial charge in [-0.25, -0.2) is 18.2 Å². The summed E-state index contributed by atoms with van der Waals surface area (Å²) < 4.78 is 45.5. The van der Waals surface area contributed by atoms with Gasteiger partial charge in [-0.3, -0.25) is 4.79 Å². The Labute approximate surface area is 134 Å². The predicted octanol–water partition coefficient (Wildman–Crippen LogP) is 3.74. The quantitative estimate of drug-likeness (QED) is 0.900. The average Bonchev–Trinajstić information content (AvgIpc) is 2.77. The first-order valence-corrected chi connectivity index (χ1v) is 7.32. The van der Waals surface area contributed by atoms with Crippen molar-refractivity contribution in [2.75, 3.05) is 0 Å². The Hall–Kier alpha value is -2.35. The third-order valence-electron chi connectivity index (χ3n) is 2.87. The van der Waals surface area contributed by atoms with Gasteiger partial charge in [-0.05, 0) is 32.1 Å². The lowest BCUT2D eigenvalue weighted by Gasteiger charge is -2.08. The molecule has 23 heavy (non-hydrogen) atoms. The Morgan fingerprint density at radius 3 is 2.74 bits per heavy atom. The van der Waals surface area contributed by atoms with Crippen LogP contribution in [0, 0.1) is 18.6 Å². The Morgan fingerprint density at radius 2 is 2.13 bits per heavy atom. The van der Waals surface area contributed by atoms with Crippen molar-refractivity contribution in [3.8, 4) is 5.75 Å². The maximum Gasteiger partial charge on any atom is 0.254 e. The topological polar surface area (TPSA) is 65.2 Å². The Morgan fingerprint density at radius 1 is 1.43 bits per heavy atom. The lowest BCUT2D eigenvalue weighted by molar-refractivity contribution is 0.0991. The first kappa shape index (κ1) is 17.0. The summed E-state index contributed by atoms with van der Waals surface area (Å²) in [6.07, 6.45) is 1.28. The number of hydrogen-bond donors (Lipinski definition) is 1. The number of amides is 1. The van der Waals surface area contributed by atoms with Crippen LogP contribution in [0.3, 0.4) is 0 Å². The van der Waals surface area contributed by atoms with Crippen molar-refractivity contribution in [3.63, 3.8) is 0 Å². The summed E-state index contributed by atoms with van der Waals surface area (Å²) in [6.45, 7) is 2.96. The van der Waals surface area contributed by atoms with E-state index >= 15 is 0 Å². The number of carbonyl (C=O) groups is 1. The van der Waals surface area contributed by atoms with Crippen LogP contribution in [0.1, 0.15) is 32.9 Å². The fourth-order valence-electron chi connectivity index (χ4n) is 1.86. The molecule has 0 aliphatic carbocycles. The van der Waals surface area contributed by atoms with Gasteiger partial charge in [-0.1, -0.05) is 0 Å². The van der Waals surface area contributed by atoms with Gasteiger partial charge in [0.2, 0.25) is 0 Å². The van der Waals surface area contributed by atoms with E-state index in [4.69, 9.17) is 10.5 Å². The maximum absolute atomic E-state index is 14.0. The number of benzene rings is 1. The number of aryl methyl sites for hydroxylation is 1. The van der Waals surface area contributed by atoms with Crippen LogP contribution in [-0.2, 0) is 6.61 Å². The lowest BCUT2D eigenvalue weighted by Crippen LogP contribution is -2.16. The van der Waals surface area contributed by atoms with Crippen LogP contribution in [0.25, 0.3) is 6.08 Å². The molecule has 4 nitrogen and oxygen atoms in total. The fraction of sp³-hybridized carbons (Fsp3) is 0.200. The third-order valence-corrected chi connectivity index (χ3v) is 3.83. The van der Waals surface area contributed by atoms with Gasteiger partial charge in [-0.2, -0.15) is 0 Å². The third kappa shape index (κ3) is 3.89. The second-order valence-corrected chi connectivity index (χ2v) is 5.96. The minimum atomic E-state index is -1.22. The first-order valence-electron chi connectivity index (χ1n) is 6.50. The maximum atomic E-state index is 14.0. The molecule has 2 rings (SSSR count). The zero-order valence-corrected chi connectivity index (χ0v) is 13.1. The molecule has 0 unspecified atom stereocenters. The molecule has 0 radical (unpaired) electrons. The van der Waals surface area contributed by atoms with E-state index in [0.717, 1.165) is 17.0 Å². The first-order chi connectivity index (χ1) is 10.8. The highest BCUT2D eigenvalue weighted by Gasteiger charge is 2.19. The van der Waals surface area contributed by atoms with Crippen molar-refractivity contribution in [2.24, 2.45) is 5.73 Å². The van der Waals surface area contributed by atoms with Gasteiger partial charge in [0, 0.05) is 4.88 Å². The van der Waals surface area contributed by atoms with Crippen LogP contribution >= 0.6 is 11.3 Å². The average molecular weight is 342 g/mol. The van der Waals surface area contributed by atoms with Crippen LogP contribution in [0.4, 0.5) is 13.2 Å². The highest BCUT2D eigenvalue weighted by atomic mass is 32.1. The van der Waals surface area contributed by atoms with E-state index in [2.05, 4.69) is 4.98 Å². The molecule has 122 valence electrons. The zero-order chi connectivity index (χ0) is 17.1. The van der Waals surface area contributed by atoms with Gasteiger partial charge >= 0.3 is 0 Å². The smallest absolute Gasteiger partial charge is 0.254 e. The SMILES string of the molecule is C/C(F)=C\c1nc(COc2ccc(F)c(C(N)=O)c2F)sc1C. The molecule has 0 spiro atoms. The molecule has 0 aliphatic rings. The number of allylic oxidation sites excluding steroid dienone is 1. The second-order valence-electron chi connectivity index (χ2n) is 4.67. The van der Waals surface area contributed by atoms with E-state index in [9.17, 15) is 18.0 Å². The number of hydrogen-bond acceptors (Lipinski definition) is 4. The summed E-state index contributed by atoms with van der Waals surface area (Å²) in [5.74, 6) is -4.14. The van der Waals surface area contributed by atoms with Gasteiger partial charge in [0.15, 0.2) is 11.6 Å². The molecule has 0 saturated carbocycles. The van der Waals surface area contributed by atoms with E-state index < -0.39 is 23.1 Å². The molecule has 0 fully saturated rings. The summed E-state index contributed by atoms with van der Waals surface area (Å²) in [5.41, 5.74) is 4.55. The summed E-state index contributed by atoms with van der Waals surface area (Å²) in [6, 6.07) is 1.95. The van der Waals surface area contributed by atoms with Gasteiger partial charge < -0.3 is 10.5 Å². The van der Waals surface area contributed by atoms with Gasteiger partial charge in [0.05, 0.1) is 11.5 Å². The summed E-state index contributed by atoms with van der Waals surface area (Å²) in [5, 5.41) is 0.486. The minimum Gasteiger partial charge on any atom is -0.483 e. The van der Waals surface area contributed by atoms with Crippen molar-refractivity contribution in [1.29, 1.82) is 0 Å². The summed E-state index contributed by atoms with van der Waals surface area (Å²) >= 11 is 1.26. The molecule has 2 aromatic rings. The van der Waals surface area contributed by atoms with Crippen molar-refractivity contribution in [2.45, 2.75) is 20.5 Å². The standard InChI is InChI=1S/C15H13F3N2O2S/c1-7(16)5-10-8(2)23-12(20-10)6-22-11-4-3-9(17)13(14(11)18)15(19)21/h3-5H,6H2,1-2H3,(H2,19,21)/b7-5+. The number of thiazole rings is 1. The molecule has 1 aromatic carbocycles. The van der Waals surface area contributed by atoms with Gasteiger partial charge in [-0.15, -0.1) is 11.3 Å². The van der Waals surface area contributed by atoms with E-state index in [1.165, 1.54) is 24.3 Å². The van der Waals surface area contributed by atoms with Crippen molar-refractivity contribution < 1.29 is 22.7 Å². The monoisotopic (exact) mass is 342 g/mol. The molecular formula is C15H13F3N2O2S. The van der Waals surface area contributed by atoms with Gasteiger partial charge in [0.25, 0.3) is 5.91 Å². The van der Waals surface area contributed by atoms with Gasteiger partial charge in [0.1, 0.15) is 23.0 Å². The van der Waals surface area contributed by atoms with Crippen molar-refractivity contribution >= 4 is 23.3 Å². The summed E-state index contributed by atoms with van der Waals surface area (Å²) in [7, 11) is 0. The fourth-order valence-corrected chi connectivity index (χ4v) is 2.68. The number of rotatable bonds is 5. The zero-order valence-electron chi connectivity index (χ0n) is 12.3. The van der Waals surface area contributed by atoms with Crippen molar-refractivity contribution in [3.05, 3.63) is 50.7 Å². The van der Waals surface area contributed by atoms with E-state index in [1.807, 2.05) is 0 Å². The molecule has 0 aliphatic heterocycles. The Bertz CT molecular complexity index is 783. The number of ether oxygens (including phenoxy) is 1. The number of nitrogens with zero attached hydrogens (tertiary/aromatic N) is 1. The van der Waals surface area contributed by atoms with Crippen LogP contribution < -0.4 is 10.5 Å². The number of carbonyl (C=O) groups excluding carboxylic acids is 1. The lowest BCUT2D eigenvalue weighted by atomic mass is 10.2. The highest BCUT2D eigenvalue weighted by molar-refractivity contribution is 7.11. The molecule has 1 aromatic heterocycles. The number of nitrogens with two attached hydrogens (primary N) is 1. The van der Waals surface area contributed by atoms with Crippen LogP contribution in [0.5, 0.6) is 5.75 Å². The molecule has 0 saturated heterocycles. The predicted molar refractivity (Wildman–Crippen MR) is 80.8 cm³/mol. The Balaban J connectivity index is 2.21. The largest absolute Gasteiger partial charge is 0.483 e. The molecule has 1 heterocycles. The number of primary amides is 1. The van der Waals surface area contributed by atoms with E-state index in [0.29, 0.717) is 10.7 Å². The van der Waals surface area contributed by atoms with Crippen LogP contribution in [-0.4, -0.2) is 10.9 Å². The normalized spacial score (nSPS) is 11.6. The molecule has 2 N–H and O–H groups in total. The summed E-state index contributed by atoms with van der Waals surface area (Å²) in [4.78, 5) is 16.0. The van der Waals surface area contributed by atoms with Crippen molar-refractivity contribution in [1.82, 2.24) is 4.98 Å². The highest BCUT2D eigenvalue weighted by Crippen LogP contribution is 2.26. The van der Waals surface area contributed by atoms with E-state index in [1.54, 1.807) is 6.92 Å². The molecule has 0 atom stereocenters. The molecule has 1 amide bonds. The molecule has 0 bridgehead atoms. The molecule has 8 heteroatoms. The second kappa shape index (κ2) is 6.82. The number of aromatic nitrogens is 1. The Kier molecular flexibility index (Phi) is 5.05. The number of halogens is 3. The van der Waals surface area contributed by atoms with E-state index in [-0.39, 0.29) is 18.2 Å².